The van der Waals surface area contributed by atoms with Crippen molar-refractivity contribution in [2.45, 2.75) is 40.3 Å². The molecular weight excluding hydrogens is 467 g/mol. The molecular formula is C19H29IN8. The minimum absolute atomic E-state index is 0. The second kappa shape index (κ2) is 11.0. The monoisotopic (exact) mass is 496 g/mol. The van der Waals surface area contributed by atoms with Crippen LogP contribution in [0.25, 0.3) is 11.0 Å². The third-order valence-electron chi connectivity index (χ3n) is 4.44. The topological polar surface area (TPSA) is 85.0 Å². The highest BCUT2D eigenvalue weighted by Crippen LogP contribution is 2.14. The Kier molecular flexibility index (Phi) is 8.68. The number of benzene rings is 1. The summed E-state index contributed by atoms with van der Waals surface area (Å²) in [6.07, 6.45) is 2.66. The van der Waals surface area contributed by atoms with Crippen molar-refractivity contribution in [2.24, 2.45) is 4.99 Å². The van der Waals surface area contributed by atoms with E-state index in [4.69, 9.17) is 4.99 Å². The Morgan fingerprint density at radius 3 is 2.75 bits per heavy atom. The molecule has 0 aliphatic rings. The fraction of sp³-hybridized carbons (Fsp3) is 0.474. The maximum absolute atomic E-state index is 4.70. The van der Waals surface area contributed by atoms with Crippen LogP contribution in [0.15, 0.2) is 35.6 Å². The van der Waals surface area contributed by atoms with Gasteiger partial charge >= 0.3 is 0 Å². The Bertz CT molecular complexity index is 898. The highest BCUT2D eigenvalue weighted by molar-refractivity contribution is 14.0. The lowest BCUT2D eigenvalue weighted by molar-refractivity contribution is 0.630. The minimum atomic E-state index is 0. The van der Waals surface area contributed by atoms with Crippen LogP contribution < -0.4 is 10.6 Å². The molecule has 0 aliphatic heterocycles. The number of halogens is 1. The van der Waals surface area contributed by atoms with Crippen LogP contribution in [0.2, 0.25) is 0 Å². The van der Waals surface area contributed by atoms with Gasteiger partial charge in [-0.2, -0.15) is 0 Å². The molecule has 2 N–H and O–H groups in total. The summed E-state index contributed by atoms with van der Waals surface area (Å²) in [6, 6.07) is 8.21. The van der Waals surface area contributed by atoms with Crippen LogP contribution in [0, 0.1) is 6.92 Å². The molecule has 9 heteroatoms. The predicted molar refractivity (Wildman–Crippen MR) is 123 cm³/mol. The van der Waals surface area contributed by atoms with Crippen molar-refractivity contribution < 1.29 is 0 Å². The summed E-state index contributed by atoms with van der Waals surface area (Å²) in [4.78, 5) is 9.31. The van der Waals surface area contributed by atoms with E-state index in [2.05, 4.69) is 54.9 Å². The van der Waals surface area contributed by atoms with Gasteiger partial charge in [-0.3, -0.25) is 4.99 Å². The average Bonchev–Trinajstić information content (AvgIpc) is 3.25. The van der Waals surface area contributed by atoms with E-state index < -0.39 is 0 Å². The number of para-hydroxylation sites is 2. The molecule has 3 rings (SSSR count). The van der Waals surface area contributed by atoms with E-state index in [0.29, 0.717) is 6.54 Å². The lowest BCUT2D eigenvalue weighted by atomic mass is 10.3. The van der Waals surface area contributed by atoms with Crippen molar-refractivity contribution in [3.05, 3.63) is 42.2 Å². The van der Waals surface area contributed by atoms with Crippen LogP contribution in [0.5, 0.6) is 0 Å². The highest BCUT2D eigenvalue weighted by Gasteiger charge is 2.06. The van der Waals surface area contributed by atoms with E-state index >= 15 is 0 Å². The third-order valence-corrected chi connectivity index (χ3v) is 4.44. The van der Waals surface area contributed by atoms with E-state index in [1.807, 2.05) is 25.1 Å². The Labute approximate surface area is 182 Å². The average molecular weight is 496 g/mol. The SMILES string of the molecule is CCNC(=NCCn1c(C)nc2ccccc21)NCCn1cnnc1CC.I. The van der Waals surface area contributed by atoms with Gasteiger partial charge in [0.25, 0.3) is 0 Å². The molecule has 0 saturated carbocycles. The molecule has 8 nitrogen and oxygen atoms in total. The number of aromatic nitrogens is 5. The maximum atomic E-state index is 4.70. The van der Waals surface area contributed by atoms with Crippen molar-refractivity contribution >= 4 is 41.0 Å². The second-order valence-corrected chi connectivity index (χ2v) is 6.28. The first-order valence-corrected chi connectivity index (χ1v) is 9.53. The van der Waals surface area contributed by atoms with Crippen LogP contribution in [-0.4, -0.2) is 49.9 Å². The first-order chi connectivity index (χ1) is 13.2. The number of nitrogens with one attached hydrogen (secondary N) is 2. The first-order valence-electron chi connectivity index (χ1n) is 9.53. The lowest BCUT2D eigenvalue weighted by Gasteiger charge is -2.12. The van der Waals surface area contributed by atoms with E-state index in [1.54, 1.807) is 6.33 Å². The van der Waals surface area contributed by atoms with Gasteiger partial charge in [-0.05, 0) is 26.0 Å². The van der Waals surface area contributed by atoms with E-state index in [-0.39, 0.29) is 24.0 Å². The number of guanidine groups is 1. The van der Waals surface area contributed by atoms with Gasteiger partial charge in [0.1, 0.15) is 18.0 Å². The number of hydrogen-bond donors (Lipinski definition) is 2. The van der Waals surface area contributed by atoms with Crippen molar-refractivity contribution in [1.82, 2.24) is 34.9 Å². The van der Waals surface area contributed by atoms with Crippen molar-refractivity contribution in [3.8, 4) is 0 Å². The highest BCUT2D eigenvalue weighted by atomic mass is 127. The Morgan fingerprint density at radius 2 is 1.96 bits per heavy atom. The summed E-state index contributed by atoms with van der Waals surface area (Å²) in [5, 5.41) is 14.8. The minimum Gasteiger partial charge on any atom is -0.357 e. The molecule has 0 spiro atoms. The van der Waals surface area contributed by atoms with E-state index in [9.17, 15) is 0 Å². The molecule has 152 valence electrons. The fourth-order valence-corrected chi connectivity index (χ4v) is 3.12. The molecule has 0 atom stereocenters. The summed E-state index contributed by atoms with van der Waals surface area (Å²) < 4.78 is 4.28. The number of aryl methyl sites for hydroxylation is 2. The zero-order valence-corrected chi connectivity index (χ0v) is 19.1. The number of aliphatic imine (C=N–C) groups is 1. The number of nitrogens with zero attached hydrogens (tertiary/aromatic N) is 6. The number of rotatable bonds is 8. The van der Waals surface area contributed by atoms with Crippen LogP contribution in [0.3, 0.4) is 0 Å². The Balaban J connectivity index is 0.00000280. The molecule has 28 heavy (non-hydrogen) atoms. The Morgan fingerprint density at radius 1 is 1.14 bits per heavy atom. The van der Waals surface area contributed by atoms with Gasteiger partial charge in [0.05, 0.1) is 17.6 Å². The summed E-state index contributed by atoms with van der Waals surface area (Å²) >= 11 is 0. The molecule has 0 fully saturated rings. The molecule has 0 bridgehead atoms. The first kappa shape index (κ1) is 22.1. The van der Waals surface area contributed by atoms with Crippen LogP contribution in [0.4, 0.5) is 0 Å². The zero-order chi connectivity index (χ0) is 19.1. The van der Waals surface area contributed by atoms with Gasteiger partial charge in [-0.1, -0.05) is 19.1 Å². The molecule has 2 aromatic heterocycles. The van der Waals surface area contributed by atoms with Crippen LogP contribution in [-0.2, 0) is 19.5 Å². The van der Waals surface area contributed by atoms with Crippen molar-refractivity contribution in [1.29, 1.82) is 0 Å². The molecule has 0 saturated heterocycles. The van der Waals surface area contributed by atoms with Gasteiger partial charge in [0, 0.05) is 32.6 Å². The summed E-state index contributed by atoms with van der Waals surface area (Å²) in [7, 11) is 0. The number of hydrogen-bond acceptors (Lipinski definition) is 4. The standard InChI is InChI=1S/C19H28N8.HI/c1-4-18-25-23-14-26(18)12-10-21-19(20-5-2)22-11-13-27-15(3)24-16-8-6-7-9-17(16)27;/h6-9,14H,4-5,10-13H2,1-3H3,(H2,20,21,22);1H. The zero-order valence-electron chi connectivity index (χ0n) is 16.7. The summed E-state index contributed by atoms with van der Waals surface area (Å²) in [5.41, 5.74) is 2.19. The predicted octanol–water partition coefficient (Wildman–Crippen LogP) is 2.37. The van der Waals surface area contributed by atoms with E-state index in [0.717, 1.165) is 61.2 Å². The quantitative estimate of drug-likeness (QED) is 0.284. The Hall–Kier alpha value is -2.17. The summed E-state index contributed by atoms with van der Waals surface area (Å²) in [5.74, 6) is 2.84. The molecule has 0 amide bonds. The summed E-state index contributed by atoms with van der Waals surface area (Å²) in [6.45, 7) is 10.1. The van der Waals surface area contributed by atoms with Gasteiger partial charge in [-0.25, -0.2) is 4.98 Å². The lowest BCUT2D eigenvalue weighted by Crippen LogP contribution is -2.39. The fourth-order valence-electron chi connectivity index (χ4n) is 3.12. The number of imidazole rings is 1. The molecule has 0 aliphatic carbocycles. The van der Waals surface area contributed by atoms with Crippen LogP contribution >= 0.6 is 24.0 Å². The molecule has 3 aromatic rings. The smallest absolute Gasteiger partial charge is 0.191 e. The van der Waals surface area contributed by atoms with Crippen molar-refractivity contribution in [3.63, 3.8) is 0 Å². The largest absolute Gasteiger partial charge is 0.357 e. The van der Waals surface area contributed by atoms with Crippen molar-refractivity contribution in [2.75, 3.05) is 19.6 Å². The molecule has 1 aromatic carbocycles. The second-order valence-electron chi connectivity index (χ2n) is 6.28. The van der Waals surface area contributed by atoms with Gasteiger partial charge < -0.3 is 19.8 Å². The van der Waals surface area contributed by atoms with E-state index in [1.165, 1.54) is 0 Å². The third kappa shape index (κ3) is 5.43. The normalized spacial score (nSPS) is 11.5. The van der Waals surface area contributed by atoms with Gasteiger partial charge in [0.2, 0.25) is 0 Å². The molecule has 2 heterocycles. The maximum Gasteiger partial charge on any atom is 0.191 e. The number of fused-ring (bicyclic) bond motifs is 1. The molecule has 0 radical (unpaired) electrons. The van der Waals surface area contributed by atoms with Gasteiger partial charge in [-0.15, -0.1) is 34.2 Å². The van der Waals surface area contributed by atoms with Gasteiger partial charge in [0.15, 0.2) is 5.96 Å². The van der Waals surface area contributed by atoms with Crippen LogP contribution in [0.1, 0.15) is 25.5 Å². The molecule has 0 unspecified atom stereocenters.